The van der Waals surface area contributed by atoms with E-state index in [4.69, 9.17) is 4.65 Å². The molecule has 0 amide bonds. The van der Waals surface area contributed by atoms with Crippen LogP contribution in [0.3, 0.4) is 0 Å². The van der Waals surface area contributed by atoms with Crippen molar-refractivity contribution in [3.8, 4) is 5.75 Å². The van der Waals surface area contributed by atoms with E-state index in [9.17, 15) is 15.0 Å². The number of carbonyl (C=O) groups is 1. The number of oxime groups is 1. The number of hydrogen-bond acceptors (Lipinski definition) is 9. The van der Waals surface area contributed by atoms with Crippen LogP contribution in [0.2, 0.25) is 5.82 Å². The Balaban J connectivity index is 1.37. The number of aromatic nitrogens is 2. The molecule has 10 heteroatoms. The number of ketones is 1. The second kappa shape index (κ2) is 9.93. The third-order valence-corrected chi connectivity index (χ3v) is 6.22. The van der Waals surface area contributed by atoms with Gasteiger partial charge in [0.1, 0.15) is 11.4 Å². The average molecular weight is 450 g/mol. The fourth-order valence-corrected chi connectivity index (χ4v) is 4.45. The van der Waals surface area contributed by atoms with Gasteiger partial charge in [0.15, 0.2) is 16.6 Å². The van der Waals surface area contributed by atoms with Gasteiger partial charge in [0.05, 0.1) is 0 Å². The first-order valence-corrected chi connectivity index (χ1v) is 11.2. The molecule has 0 saturated heterocycles. The van der Waals surface area contributed by atoms with Gasteiger partial charge in [0, 0.05) is 36.6 Å². The fraction of sp³-hybridized carbons (Fsp3) is 0.273. The number of rotatable bonds is 8. The summed E-state index contributed by atoms with van der Waals surface area (Å²) in [5.74, 6) is -0.170. The summed E-state index contributed by atoms with van der Waals surface area (Å²) in [4.78, 5) is 21.2. The summed E-state index contributed by atoms with van der Waals surface area (Å²) in [6.07, 6.45) is 4.79. The van der Waals surface area contributed by atoms with Crippen molar-refractivity contribution in [1.29, 1.82) is 0 Å². The molecule has 3 N–H and O–H groups in total. The van der Waals surface area contributed by atoms with Gasteiger partial charge in [-0.2, -0.15) is 0 Å². The second-order valence-corrected chi connectivity index (χ2v) is 8.54. The molecule has 1 aromatic carbocycles. The van der Waals surface area contributed by atoms with Gasteiger partial charge in [-0.1, -0.05) is 23.4 Å². The van der Waals surface area contributed by atoms with Crippen LogP contribution in [0.15, 0.2) is 53.3 Å². The number of fused-ring (bicyclic) bond motifs is 1. The van der Waals surface area contributed by atoms with Crippen LogP contribution in [0.1, 0.15) is 28.8 Å². The van der Waals surface area contributed by atoms with E-state index >= 15 is 0 Å². The van der Waals surface area contributed by atoms with Gasteiger partial charge >= 0.3 is 7.12 Å². The van der Waals surface area contributed by atoms with Crippen LogP contribution >= 0.6 is 11.3 Å². The number of pyridine rings is 1. The lowest BCUT2D eigenvalue weighted by Crippen LogP contribution is -2.36. The zero-order valence-corrected chi connectivity index (χ0v) is 18.4. The first-order chi connectivity index (χ1) is 15.5. The predicted molar refractivity (Wildman–Crippen MR) is 124 cm³/mol. The van der Waals surface area contributed by atoms with Crippen LogP contribution in [0.4, 0.5) is 5.13 Å². The predicted octanol–water partition coefficient (Wildman–Crippen LogP) is 3.12. The van der Waals surface area contributed by atoms with Gasteiger partial charge in [-0.3, -0.25) is 9.78 Å². The zero-order valence-electron chi connectivity index (χ0n) is 17.6. The van der Waals surface area contributed by atoms with Gasteiger partial charge < -0.3 is 20.2 Å². The van der Waals surface area contributed by atoms with Crippen molar-refractivity contribution in [1.82, 2.24) is 9.97 Å². The molecule has 8 nitrogen and oxygen atoms in total. The molecule has 1 aliphatic rings. The van der Waals surface area contributed by atoms with E-state index in [0.717, 1.165) is 23.1 Å². The molecule has 1 atom stereocenters. The van der Waals surface area contributed by atoms with E-state index in [2.05, 4.69) is 20.4 Å². The molecule has 0 fully saturated rings. The number of nitrogens with one attached hydrogen (secondary N) is 1. The molecular weight excluding hydrogens is 427 g/mol. The van der Waals surface area contributed by atoms with E-state index < -0.39 is 18.7 Å². The Morgan fingerprint density at radius 1 is 1.34 bits per heavy atom. The van der Waals surface area contributed by atoms with Gasteiger partial charge in [-0.15, -0.1) is 11.3 Å². The maximum absolute atomic E-state index is 12.9. The molecule has 3 aromatic rings. The highest BCUT2D eigenvalue weighted by Gasteiger charge is 2.37. The molecule has 0 spiro atoms. The highest BCUT2D eigenvalue weighted by atomic mass is 32.1. The smallest absolute Gasteiger partial charge is 0.526 e. The van der Waals surface area contributed by atoms with Crippen LogP contribution < -0.4 is 9.97 Å². The van der Waals surface area contributed by atoms with E-state index in [1.54, 1.807) is 17.8 Å². The number of aryl methyl sites for hydroxylation is 1. The number of nitrogens with zero attached hydrogens (tertiary/aromatic N) is 3. The summed E-state index contributed by atoms with van der Waals surface area (Å²) >= 11 is 1.33. The van der Waals surface area contributed by atoms with Crippen molar-refractivity contribution in [2.75, 3.05) is 11.9 Å². The highest BCUT2D eigenvalue weighted by molar-refractivity contribution is 7.14. The molecule has 4 rings (SSSR count). The maximum Gasteiger partial charge on any atom is 0.526 e. The molecule has 0 unspecified atom stereocenters. The first kappa shape index (κ1) is 22.0. The number of para-hydroxylation sites is 1. The Hall–Kier alpha value is -3.24. The zero-order chi connectivity index (χ0) is 22.5. The monoisotopic (exact) mass is 450 g/mol. The van der Waals surface area contributed by atoms with Crippen molar-refractivity contribution >= 4 is 35.1 Å². The Morgan fingerprint density at radius 2 is 2.16 bits per heavy atom. The molecule has 0 bridgehead atoms. The van der Waals surface area contributed by atoms with Gasteiger partial charge in [0.25, 0.3) is 0 Å². The highest BCUT2D eigenvalue weighted by Crippen LogP contribution is 2.36. The average Bonchev–Trinajstić information content (AvgIpc) is 3.25. The van der Waals surface area contributed by atoms with Crippen molar-refractivity contribution < 1.29 is 19.7 Å². The number of carbonyl (C=O) groups excluding carboxylic acids is 1. The maximum atomic E-state index is 12.9. The summed E-state index contributed by atoms with van der Waals surface area (Å²) in [6, 6.07) is 9.67. The number of benzene rings is 1. The molecular formula is C22H23BN4O4S. The van der Waals surface area contributed by atoms with Crippen LogP contribution in [-0.2, 0) is 17.6 Å². The molecule has 3 heterocycles. The number of hydrogen-bond donors (Lipinski definition) is 3. The third kappa shape index (κ3) is 4.97. The van der Waals surface area contributed by atoms with Gasteiger partial charge in [-0.25, -0.2) is 4.98 Å². The lowest BCUT2D eigenvalue weighted by molar-refractivity contribution is -0.113. The number of anilines is 1. The Labute approximate surface area is 190 Å². The fourth-order valence-electron chi connectivity index (χ4n) is 3.73. The van der Waals surface area contributed by atoms with Crippen molar-refractivity contribution in [2.24, 2.45) is 5.16 Å². The standard InChI is InChI=1S/C22H23BN4O4S/c1-14-3-2-4-16-11-17(23(29)31-21(14)16)12-19(28)20(27-30)18-13-32-22(26-18)25-10-7-15-5-8-24-9-6-15/h2-6,8-9,13,17,29-30H,7,10-12H2,1H3,(H,25,26)/b27-20+/t17-/m1/s1. The SMILES string of the molecule is Cc1cccc2c1OB(O)[C@@H](CC(=O)/C(=N/O)c1csc(NCCc3ccncc3)n1)C2. The Morgan fingerprint density at radius 3 is 2.94 bits per heavy atom. The lowest BCUT2D eigenvalue weighted by atomic mass is 9.64. The normalized spacial score (nSPS) is 15.8. The van der Waals surface area contributed by atoms with E-state index in [0.29, 0.717) is 29.5 Å². The molecule has 1 aliphatic heterocycles. The van der Waals surface area contributed by atoms with E-state index in [1.165, 1.54) is 11.3 Å². The summed E-state index contributed by atoms with van der Waals surface area (Å²) < 4.78 is 5.65. The van der Waals surface area contributed by atoms with Crippen molar-refractivity contribution in [2.45, 2.75) is 32.0 Å². The van der Waals surface area contributed by atoms with E-state index in [-0.39, 0.29) is 12.1 Å². The molecule has 32 heavy (non-hydrogen) atoms. The molecule has 2 aromatic heterocycles. The summed E-state index contributed by atoms with van der Waals surface area (Å²) in [6.45, 7) is 2.58. The Bertz CT molecular complexity index is 1120. The largest absolute Gasteiger partial charge is 0.536 e. The summed E-state index contributed by atoms with van der Waals surface area (Å²) in [5, 5.41) is 28.6. The quantitative estimate of drug-likeness (QED) is 0.209. The third-order valence-electron chi connectivity index (χ3n) is 5.42. The minimum absolute atomic E-state index is 0.0176. The van der Waals surface area contributed by atoms with Crippen LogP contribution in [0.5, 0.6) is 5.75 Å². The minimum Gasteiger partial charge on any atom is -0.536 e. The minimum atomic E-state index is -1.10. The van der Waals surface area contributed by atoms with Crippen LogP contribution in [0, 0.1) is 6.92 Å². The topological polar surface area (TPSA) is 117 Å². The van der Waals surface area contributed by atoms with Crippen molar-refractivity contribution in [3.05, 3.63) is 70.5 Å². The lowest BCUT2D eigenvalue weighted by Gasteiger charge is -2.28. The summed E-state index contributed by atoms with van der Waals surface area (Å²) in [5.41, 5.74) is 3.23. The van der Waals surface area contributed by atoms with Gasteiger partial charge in [0.2, 0.25) is 0 Å². The first-order valence-electron chi connectivity index (χ1n) is 10.3. The second-order valence-electron chi connectivity index (χ2n) is 7.68. The molecule has 164 valence electrons. The molecule has 0 aliphatic carbocycles. The Kier molecular flexibility index (Phi) is 6.82. The molecule has 0 saturated carbocycles. The van der Waals surface area contributed by atoms with Gasteiger partial charge in [-0.05, 0) is 48.6 Å². The summed E-state index contributed by atoms with van der Waals surface area (Å²) in [7, 11) is -1.10. The van der Waals surface area contributed by atoms with E-state index in [1.807, 2.05) is 37.3 Å². The van der Waals surface area contributed by atoms with Crippen LogP contribution in [0.25, 0.3) is 0 Å². The number of Topliss-reactive ketones (excluding diaryl/α,β-unsaturated/α-hetero) is 1. The number of thiazole rings is 1. The molecule has 0 radical (unpaired) electrons. The van der Waals surface area contributed by atoms with Crippen molar-refractivity contribution in [3.63, 3.8) is 0 Å². The van der Waals surface area contributed by atoms with Crippen LogP contribution in [-0.4, -0.2) is 45.4 Å².